The smallest absolute Gasteiger partial charge is 0.296 e. The minimum atomic E-state index is -0.406. The summed E-state index contributed by atoms with van der Waals surface area (Å²) in [6.45, 7) is 3.77. The molecule has 0 aromatic carbocycles. The summed E-state index contributed by atoms with van der Waals surface area (Å²) in [5.41, 5.74) is 0. The monoisotopic (exact) mass is 235 g/mol. The Labute approximate surface area is 97.6 Å². The Bertz CT molecular complexity index is 516. The lowest BCUT2D eigenvalue weighted by molar-refractivity contribution is 0.101. The molecule has 7 heteroatoms. The zero-order valence-electron chi connectivity index (χ0n) is 9.65. The summed E-state index contributed by atoms with van der Waals surface area (Å²) in [6.07, 6.45) is 1.71. The van der Waals surface area contributed by atoms with Gasteiger partial charge in [0.25, 0.3) is 5.91 Å². The number of H-pyrrole nitrogens is 1. The van der Waals surface area contributed by atoms with Gasteiger partial charge in [-0.15, -0.1) is 5.10 Å². The van der Waals surface area contributed by atoms with Gasteiger partial charge in [0.1, 0.15) is 11.6 Å². The first-order valence-corrected chi connectivity index (χ1v) is 5.35. The first-order valence-electron chi connectivity index (χ1n) is 5.35. The summed E-state index contributed by atoms with van der Waals surface area (Å²) < 4.78 is 4.83. The molecule has 17 heavy (non-hydrogen) atoms. The molecule has 2 N–H and O–H groups in total. The summed E-state index contributed by atoms with van der Waals surface area (Å²) in [6, 6.07) is 1.62. The molecule has 0 radical (unpaired) electrons. The second-order valence-electron chi connectivity index (χ2n) is 3.63. The van der Waals surface area contributed by atoms with Gasteiger partial charge in [-0.3, -0.25) is 9.89 Å². The predicted octanol–water partition coefficient (Wildman–Crippen LogP) is 1.31. The van der Waals surface area contributed by atoms with Crippen LogP contribution < -0.4 is 5.32 Å². The Morgan fingerprint density at radius 1 is 1.59 bits per heavy atom. The first-order chi connectivity index (χ1) is 8.19. The number of aromatic amines is 1. The highest BCUT2D eigenvalue weighted by Gasteiger charge is 2.13. The molecule has 0 fully saturated rings. The minimum Gasteiger partial charge on any atom is -0.360 e. The lowest BCUT2D eigenvalue weighted by Crippen LogP contribution is -2.14. The molecular weight excluding hydrogens is 222 g/mol. The van der Waals surface area contributed by atoms with Crippen molar-refractivity contribution in [1.82, 2.24) is 20.3 Å². The van der Waals surface area contributed by atoms with E-state index in [0.717, 1.165) is 12.8 Å². The van der Waals surface area contributed by atoms with Crippen LogP contribution in [0.5, 0.6) is 0 Å². The number of carbonyl (C=O) groups excluding carboxylic acids is 1. The minimum absolute atomic E-state index is 0.106. The Hall–Kier alpha value is -2.18. The number of carbonyl (C=O) groups is 1. The Kier molecular flexibility index (Phi) is 3.17. The molecule has 0 aliphatic heterocycles. The van der Waals surface area contributed by atoms with E-state index in [1.54, 1.807) is 13.0 Å². The van der Waals surface area contributed by atoms with Crippen molar-refractivity contribution in [1.29, 1.82) is 0 Å². The van der Waals surface area contributed by atoms with Crippen molar-refractivity contribution in [3.63, 3.8) is 0 Å². The second kappa shape index (κ2) is 4.77. The van der Waals surface area contributed by atoms with Gasteiger partial charge in [0.2, 0.25) is 5.82 Å². The van der Waals surface area contributed by atoms with Crippen LogP contribution in [0, 0.1) is 6.92 Å². The van der Waals surface area contributed by atoms with E-state index in [4.69, 9.17) is 4.52 Å². The van der Waals surface area contributed by atoms with Gasteiger partial charge in [0.05, 0.1) is 0 Å². The van der Waals surface area contributed by atoms with E-state index in [1.807, 2.05) is 6.92 Å². The van der Waals surface area contributed by atoms with Crippen molar-refractivity contribution in [2.24, 2.45) is 0 Å². The van der Waals surface area contributed by atoms with Crippen LogP contribution in [-0.2, 0) is 6.42 Å². The fourth-order valence-electron chi connectivity index (χ4n) is 1.34. The number of rotatable bonds is 4. The molecule has 2 rings (SSSR count). The van der Waals surface area contributed by atoms with Gasteiger partial charge in [-0.2, -0.15) is 0 Å². The molecule has 2 aromatic rings. The number of hydrogen-bond donors (Lipinski definition) is 2. The molecule has 2 aromatic heterocycles. The van der Waals surface area contributed by atoms with Crippen molar-refractivity contribution in [3.8, 4) is 0 Å². The molecule has 0 saturated heterocycles. The third-order valence-corrected chi connectivity index (χ3v) is 2.09. The summed E-state index contributed by atoms with van der Waals surface area (Å²) >= 11 is 0. The molecule has 1 amide bonds. The Balaban J connectivity index is 2.03. The highest BCUT2D eigenvalue weighted by atomic mass is 16.5. The van der Waals surface area contributed by atoms with Gasteiger partial charge in [-0.1, -0.05) is 12.1 Å². The number of nitrogens with zero attached hydrogens (tertiary/aromatic N) is 3. The van der Waals surface area contributed by atoms with E-state index in [-0.39, 0.29) is 5.82 Å². The van der Waals surface area contributed by atoms with Gasteiger partial charge in [0.15, 0.2) is 5.82 Å². The average Bonchev–Trinajstić information content (AvgIpc) is 2.88. The normalized spacial score (nSPS) is 10.5. The largest absolute Gasteiger partial charge is 0.360 e. The van der Waals surface area contributed by atoms with Gasteiger partial charge in [-0.25, -0.2) is 4.98 Å². The molecule has 0 spiro atoms. The number of anilines is 1. The first kappa shape index (κ1) is 11.3. The van der Waals surface area contributed by atoms with Crippen LogP contribution in [0.3, 0.4) is 0 Å². The fourth-order valence-corrected chi connectivity index (χ4v) is 1.34. The number of aromatic nitrogens is 4. The third-order valence-electron chi connectivity index (χ3n) is 2.09. The van der Waals surface area contributed by atoms with Crippen molar-refractivity contribution in [2.75, 3.05) is 5.32 Å². The molecular formula is C10H13N5O2. The quantitative estimate of drug-likeness (QED) is 0.832. The van der Waals surface area contributed by atoms with Crippen LogP contribution in [0.15, 0.2) is 10.6 Å². The van der Waals surface area contributed by atoms with Crippen molar-refractivity contribution in [2.45, 2.75) is 26.7 Å². The summed E-state index contributed by atoms with van der Waals surface area (Å²) in [5.74, 6) is 1.39. The van der Waals surface area contributed by atoms with Gasteiger partial charge in [0, 0.05) is 12.5 Å². The Morgan fingerprint density at radius 2 is 2.41 bits per heavy atom. The van der Waals surface area contributed by atoms with Crippen LogP contribution >= 0.6 is 0 Å². The SMILES string of the molecule is CCCc1nc(C(=O)Nc2cc(C)on2)n[nH]1. The molecule has 7 nitrogen and oxygen atoms in total. The summed E-state index contributed by atoms with van der Waals surface area (Å²) in [7, 11) is 0. The number of aryl methyl sites for hydroxylation is 2. The van der Waals surface area contributed by atoms with Gasteiger partial charge in [-0.05, 0) is 13.3 Å². The number of hydrogen-bond acceptors (Lipinski definition) is 5. The molecule has 90 valence electrons. The Morgan fingerprint density at radius 3 is 3.06 bits per heavy atom. The van der Waals surface area contributed by atoms with Crippen LogP contribution in [0.25, 0.3) is 0 Å². The maximum Gasteiger partial charge on any atom is 0.296 e. The number of amides is 1. The van der Waals surface area contributed by atoms with E-state index < -0.39 is 5.91 Å². The van der Waals surface area contributed by atoms with E-state index in [9.17, 15) is 4.79 Å². The molecule has 0 saturated carbocycles. The zero-order valence-corrected chi connectivity index (χ0v) is 9.65. The topological polar surface area (TPSA) is 96.7 Å². The average molecular weight is 235 g/mol. The third kappa shape index (κ3) is 2.68. The summed E-state index contributed by atoms with van der Waals surface area (Å²) in [4.78, 5) is 15.8. The number of nitrogens with one attached hydrogen (secondary N) is 2. The molecule has 0 atom stereocenters. The standard InChI is InChI=1S/C10H13N5O2/c1-3-4-7-11-9(14-13-7)10(16)12-8-5-6(2)17-15-8/h5H,3-4H2,1-2H3,(H,11,13,14)(H,12,15,16). The van der Waals surface area contributed by atoms with Crippen LogP contribution in [0.1, 0.15) is 35.5 Å². The van der Waals surface area contributed by atoms with Crippen LogP contribution in [0.2, 0.25) is 0 Å². The van der Waals surface area contributed by atoms with Crippen LogP contribution in [-0.4, -0.2) is 26.2 Å². The van der Waals surface area contributed by atoms with E-state index in [0.29, 0.717) is 17.4 Å². The van der Waals surface area contributed by atoms with Crippen molar-refractivity contribution >= 4 is 11.7 Å². The fraction of sp³-hybridized carbons (Fsp3) is 0.400. The van der Waals surface area contributed by atoms with E-state index in [1.165, 1.54) is 0 Å². The maximum absolute atomic E-state index is 11.7. The highest BCUT2D eigenvalue weighted by Crippen LogP contribution is 2.08. The molecule has 0 aliphatic rings. The highest BCUT2D eigenvalue weighted by molar-refractivity contribution is 6.00. The lowest BCUT2D eigenvalue weighted by Gasteiger charge is -1.94. The summed E-state index contributed by atoms with van der Waals surface area (Å²) in [5, 5.41) is 12.7. The molecule has 0 unspecified atom stereocenters. The van der Waals surface area contributed by atoms with E-state index in [2.05, 4.69) is 25.7 Å². The molecule has 0 bridgehead atoms. The van der Waals surface area contributed by atoms with Crippen molar-refractivity contribution < 1.29 is 9.32 Å². The van der Waals surface area contributed by atoms with E-state index >= 15 is 0 Å². The van der Waals surface area contributed by atoms with Crippen LogP contribution in [0.4, 0.5) is 5.82 Å². The van der Waals surface area contributed by atoms with Crippen molar-refractivity contribution in [3.05, 3.63) is 23.5 Å². The second-order valence-corrected chi connectivity index (χ2v) is 3.63. The predicted molar refractivity (Wildman–Crippen MR) is 59.6 cm³/mol. The lowest BCUT2D eigenvalue weighted by atomic mass is 10.3. The zero-order chi connectivity index (χ0) is 12.3. The molecule has 0 aliphatic carbocycles. The molecule has 2 heterocycles. The maximum atomic E-state index is 11.7. The van der Waals surface area contributed by atoms with Gasteiger partial charge < -0.3 is 9.84 Å². The van der Waals surface area contributed by atoms with Gasteiger partial charge >= 0.3 is 0 Å².